The highest BCUT2D eigenvalue weighted by atomic mass is 16.5. The zero-order chi connectivity index (χ0) is 33.4. The third-order valence-electron chi connectivity index (χ3n) is 9.56. The summed E-state index contributed by atoms with van der Waals surface area (Å²) >= 11 is 0. The van der Waals surface area contributed by atoms with Crippen molar-refractivity contribution >= 4 is 23.4 Å². The van der Waals surface area contributed by atoms with Gasteiger partial charge in [-0.2, -0.15) is 10.2 Å². The van der Waals surface area contributed by atoms with Crippen LogP contribution in [0.5, 0.6) is 5.75 Å². The van der Waals surface area contributed by atoms with E-state index in [0.717, 1.165) is 53.4 Å². The number of amides is 2. The Kier molecular flexibility index (Phi) is 8.78. The molecule has 252 valence electrons. The molecular weight excluding hydrogens is 608 g/mol. The maximum Gasteiger partial charge on any atom is 0.320 e. The fourth-order valence-electron chi connectivity index (χ4n) is 7.07. The van der Waals surface area contributed by atoms with E-state index in [2.05, 4.69) is 70.7 Å². The molecular formula is C35H44N10O3. The van der Waals surface area contributed by atoms with Gasteiger partial charge in [0, 0.05) is 18.2 Å². The summed E-state index contributed by atoms with van der Waals surface area (Å²) in [6.07, 6.45) is 10.2. The molecule has 48 heavy (non-hydrogen) atoms. The molecule has 1 aliphatic carbocycles. The number of benzene rings is 1. The van der Waals surface area contributed by atoms with Gasteiger partial charge in [0.2, 0.25) is 5.95 Å². The summed E-state index contributed by atoms with van der Waals surface area (Å²) in [5.41, 5.74) is 4.43. The van der Waals surface area contributed by atoms with E-state index in [1.54, 1.807) is 21.8 Å². The summed E-state index contributed by atoms with van der Waals surface area (Å²) in [6, 6.07) is 14.2. The van der Waals surface area contributed by atoms with E-state index in [4.69, 9.17) is 9.84 Å². The van der Waals surface area contributed by atoms with Gasteiger partial charge < -0.3 is 20.1 Å². The number of ether oxygens (including phenoxy) is 1. The Labute approximate surface area is 279 Å². The number of urea groups is 1. The fourth-order valence-corrected chi connectivity index (χ4v) is 7.07. The molecule has 4 atom stereocenters. The third-order valence-corrected chi connectivity index (χ3v) is 9.56. The van der Waals surface area contributed by atoms with E-state index < -0.39 is 0 Å². The van der Waals surface area contributed by atoms with Gasteiger partial charge in [0.1, 0.15) is 23.4 Å². The number of hydrogen-bond donors (Lipinski definition) is 3. The lowest BCUT2D eigenvalue weighted by Gasteiger charge is -2.39. The summed E-state index contributed by atoms with van der Waals surface area (Å²) in [5.74, 6) is 2.32. The van der Waals surface area contributed by atoms with Crippen LogP contribution in [0.4, 0.5) is 16.6 Å². The Bertz CT molecular complexity index is 1880. The first-order valence-electron chi connectivity index (χ1n) is 17.0. The molecule has 7 rings (SSSR count). The van der Waals surface area contributed by atoms with Crippen LogP contribution in [0.1, 0.15) is 94.7 Å². The summed E-state index contributed by atoms with van der Waals surface area (Å²) in [7, 11) is 0. The number of anilines is 2. The van der Waals surface area contributed by atoms with Gasteiger partial charge in [0.15, 0.2) is 5.65 Å². The first-order chi connectivity index (χ1) is 23.3. The van der Waals surface area contributed by atoms with E-state index in [-0.39, 0.29) is 30.7 Å². The Hall–Kier alpha value is -4.91. The van der Waals surface area contributed by atoms with Crippen LogP contribution < -0.4 is 20.3 Å². The number of rotatable bonds is 9. The minimum Gasteiger partial charge on any atom is -0.484 e. The second kappa shape index (κ2) is 13.3. The molecule has 0 spiro atoms. The first-order valence-corrected chi connectivity index (χ1v) is 17.0. The second-order valence-electron chi connectivity index (χ2n) is 13.3. The Morgan fingerprint density at radius 2 is 1.81 bits per heavy atom. The predicted octanol–water partition coefficient (Wildman–Crippen LogP) is 5.77. The van der Waals surface area contributed by atoms with E-state index in [0.29, 0.717) is 36.6 Å². The molecule has 0 bridgehead atoms. The van der Waals surface area contributed by atoms with Crippen molar-refractivity contribution in [1.29, 1.82) is 0 Å². The molecule has 5 aromatic rings. The molecule has 5 heterocycles. The van der Waals surface area contributed by atoms with Crippen LogP contribution in [-0.4, -0.2) is 64.0 Å². The summed E-state index contributed by atoms with van der Waals surface area (Å²) in [4.78, 5) is 15.9. The quantitative estimate of drug-likeness (QED) is 0.182. The van der Waals surface area contributed by atoms with Crippen LogP contribution in [0.2, 0.25) is 0 Å². The van der Waals surface area contributed by atoms with Gasteiger partial charge in [-0.3, -0.25) is 14.4 Å². The average molecular weight is 653 g/mol. The summed E-state index contributed by atoms with van der Waals surface area (Å²) in [6.45, 7) is 8.99. The van der Waals surface area contributed by atoms with Crippen LogP contribution in [0.15, 0.2) is 61.1 Å². The number of hydrogen-bond acceptors (Lipinski definition) is 8. The lowest BCUT2D eigenvalue weighted by molar-refractivity contribution is 0.171. The maximum atomic E-state index is 13.5. The zero-order valence-corrected chi connectivity index (χ0v) is 28.0. The smallest absolute Gasteiger partial charge is 0.320 e. The normalized spacial score (nSPS) is 21.0. The third kappa shape index (κ3) is 6.21. The number of carbonyl (C=O) groups excluding carboxylic acids is 1. The van der Waals surface area contributed by atoms with E-state index >= 15 is 0 Å². The predicted molar refractivity (Wildman–Crippen MR) is 183 cm³/mol. The molecule has 4 aromatic heterocycles. The molecule has 13 nitrogen and oxygen atoms in total. The van der Waals surface area contributed by atoms with Crippen LogP contribution >= 0.6 is 0 Å². The molecule has 3 N–H and O–H groups in total. The molecule has 0 saturated carbocycles. The molecule has 0 radical (unpaired) electrons. The summed E-state index contributed by atoms with van der Waals surface area (Å²) in [5, 5.41) is 33.6. The van der Waals surface area contributed by atoms with Crippen molar-refractivity contribution in [3.8, 4) is 11.4 Å². The van der Waals surface area contributed by atoms with Crippen LogP contribution in [0, 0.1) is 0 Å². The second-order valence-corrected chi connectivity index (χ2v) is 13.3. The lowest BCUT2D eigenvalue weighted by Crippen LogP contribution is -2.44. The van der Waals surface area contributed by atoms with Gasteiger partial charge in [-0.05, 0) is 75.1 Å². The minimum atomic E-state index is -0.319. The highest BCUT2D eigenvalue weighted by molar-refractivity contribution is 5.89. The zero-order valence-electron chi connectivity index (χ0n) is 28.0. The van der Waals surface area contributed by atoms with E-state index in [1.165, 1.54) is 6.42 Å². The number of nitrogens with one attached hydrogen (secondary N) is 2. The van der Waals surface area contributed by atoms with Gasteiger partial charge in [0.05, 0.1) is 43.5 Å². The number of aliphatic hydroxyl groups excluding tert-OH is 1. The summed E-state index contributed by atoms with van der Waals surface area (Å²) < 4.78 is 12.0. The Morgan fingerprint density at radius 3 is 2.58 bits per heavy atom. The van der Waals surface area contributed by atoms with Crippen molar-refractivity contribution in [3.63, 3.8) is 0 Å². The molecule has 2 amide bonds. The lowest BCUT2D eigenvalue weighted by atomic mass is 9.85. The number of carbonyl (C=O) groups is 1. The van der Waals surface area contributed by atoms with Gasteiger partial charge in [0.25, 0.3) is 0 Å². The van der Waals surface area contributed by atoms with Gasteiger partial charge in [-0.25, -0.2) is 9.48 Å². The molecule has 1 aliphatic heterocycles. The topological polar surface area (TPSA) is 140 Å². The van der Waals surface area contributed by atoms with E-state index in [1.807, 2.05) is 40.9 Å². The van der Waals surface area contributed by atoms with Crippen molar-refractivity contribution in [2.24, 2.45) is 0 Å². The Morgan fingerprint density at radius 1 is 1.02 bits per heavy atom. The van der Waals surface area contributed by atoms with Crippen LogP contribution in [0.25, 0.3) is 11.3 Å². The van der Waals surface area contributed by atoms with Crippen molar-refractivity contribution in [2.75, 3.05) is 16.8 Å². The highest BCUT2D eigenvalue weighted by Crippen LogP contribution is 2.39. The largest absolute Gasteiger partial charge is 0.484 e. The van der Waals surface area contributed by atoms with Crippen LogP contribution in [-0.2, 0) is 6.54 Å². The number of pyridine rings is 1. The first kappa shape index (κ1) is 31.7. The Balaban J connectivity index is 1.08. The van der Waals surface area contributed by atoms with Crippen molar-refractivity contribution in [1.82, 2.24) is 39.5 Å². The SMILES string of the molecule is CC(C)c1cc(NC(=O)N[C@H]2CC[C@@H](Oc3ccc4nnc(N5[C@H](C)CCC[C@@H]5C)n4c3)c3ccccc32)n(-c2cnn(CCO)c2)n1. The van der Waals surface area contributed by atoms with Gasteiger partial charge in [-0.1, -0.05) is 38.1 Å². The molecule has 0 unspecified atom stereocenters. The monoisotopic (exact) mass is 652 g/mol. The fraction of sp³-hybridized carbons (Fsp3) is 0.457. The number of fused-ring (bicyclic) bond motifs is 2. The van der Waals surface area contributed by atoms with Gasteiger partial charge >= 0.3 is 6.03 Å². The minimum absolute atomic E-state index is 0.0184. The molecule has 1 fully saturated rings. The number of nitrogens with zero attached hydrogens (tertiary/aromatic N) is 8. The highest BCUT2D eigenvalue weighted by Gasteiger charge is 2.31. The molecule has 1 saturated heterocycles. The number of piperidine rings is 1. The average Bonchev–Trinajstić information content (AvgIpc) is 3.81. The number of aliphatic hydroxyl groups is 1. The van der Waals surface area contributed by atoms with Crippen molar-refractivity contribution in [2.45, 2.75) is 96.5 Å². The molecule has 2 aliphatic rings. The van der Waals surface area contributed by atoms with Crippen LogP contribution in [0.3, 0.4) is 0 Å². The van der Waals surface area contributed by atoms with Gasteiger partial charge in [-0.15, -0.1) is 10.2 Å². The molecule has 1 aromatic carbocycles. The standard InChI is InChI=1S/C35H44N10O3/c1-22(2)30-18-33(45(41-30)25-19-36-42(20-25)16-17-46)38-34(47)37-29-13-14-31(28-11-6-5-10-27(28)29)48-26-12-15-32-39-40-35(43(32)21-26)44-23(3)8-7-9-24(44)4/h5-6,10-12,15,18-24,29,31,46H,7-9,13-14,16-17H2,1-4H3,(H2,37,38,47)/t23-,24+,29-,31+/m0/s1. The number of aromatic nitrogens is 7. The van der Waals surface area contributed by atoms with Crippen molar-refractivity contribution < 1.29 is 14.6 Å². The van der Waals surface area contributed by atoms with E-state index in [9.17, 15) is 9.90 Å². The van der Waals surface area contributed by atoms with Crippen molar-refractivity contribution in [3.05, 3.63) is 77.9 Å². The molecule has 13 heteroatoms. The maximum absolute atomic E-state index is 13.5.